The predicted molar refractivity (Wildman–Crippen MR) is 67.8 cm³/mol. The molecular formula is C11H22N4O3. The Morgan fingerprint density at radius 1 is 1.39 bits per heavy atom. The summed E-state index contributed by atoms with van der Waals surface area (Å²) < 4.78 is 0. The summed E-state index contributed by atoms with van der Waals surface area (Å²) in [7, 11) is 0. The number of amidine groups is 1. The zero-order valence-corrected chi connectivity index (χ0v) is 11.2. The SMILES string of the molecule is CCC(C)(C(=O)NC(C(N)=O)C(C)C)C(N)=NO. The highest BCUT2D eigenvalue weighted by atomic mass is 16.4. The molecule has 0 aliphatic heterocycles. The summed E-state index contributed by atoms with van der Waals surface area (Å²) in [6.07, 6.45) is 0.332. The van der Waals surface area contributed by atoms with Crippen molar-refractivity contribution in [1.29, 1.82) is 0 Å². The number of hydrogen-bond acceptors (Lipinski definition) is 4. The van der Waals surface area contributed by atoms with Crippen LogP contribution >= 0.6 is 0 Å². The standard InChI is InChI=1S/C11H22N4O3/c1-5-11(4,9(13)15-18)10(17)14-7(6(2)3)8(12)16/h6-7,18H,5H2,1-4H3,(H2,12,16)(H2,13,15)(H,14,17). The number of nitrogens with two attached hydrogens (primary N) is 2. The number of amides is 2. The molecule has 0 spiro atoms. The van der Waals surface area contributed by atoms with E-state index in [9.17, 15) is 9.59 Å². The van der Waals surface area contributed by atoms with Crippen LogP contribution in [0.5, 0.6) is 0 Å². The fourth-order valence-corrected chi connectivity index (χ4v) is 1.44. The van der Waals surface area contributed by atoms with Gasteiger partial charge in [-0.3, -0.25) is 9.59 Å². The van der Waals surface area contributed by atoms with Gasteiger partial charge in [0.15, 0.2) is 5.84 Å². The van der Waals surface area contributed by atoms with Crippen LogP contribution in [0.1, 0.15) is 34.1 Å². The van der Waals surface area contributed by atoms with Gasteiger partial charge in [-0.25, -0.2) is 0 Å². The van der Waals surface area contributed by atoms with Crippen molar-refractivity contribution >= 4 is 17.6 Å². The van der Waals surface area contributed by atoms with E-state index in [-0.39, 0.29) is 11.8 Å². The number of hydrogen-bond donors (Lipinski definition) is 4. The molecule has 0 aliphatic carbocycles. The molecule has 0 aromatic heterocycles. The number of carbonyl (C=O) groups excluding carboxylic acids is 2. The molecule has 7 nitrogen and oxygen atoms in total. The van der Waals surface area contributed by atoms with Crippen LogP contribution in [0.15, 0.2) is 5.16 Å². The summed E-state index contributed by atoms with van der Waals surface area (Å²) in [5, 5.41) is 14.1. The number of rotatable bonds is 6. The molecule has 0 bridgehead atoms. The molecule has 0 aliphatic rings. The third-order valence-corrected chi connectivity index (χ3v) is 3.14. The lowest BCUT2D eigenvalue weighted by Gasteiger charge is -2.28. The fourth-order valence-electron chi connectivity index (χ4n) is 1.44. The van der Waals surface area contributed by atoms with Gasteiger partial charge in [0.05, 0.1) is 0 Å². The maximum Gasteiger partial charge on any atom is 0.240 e. The monoisotopic (exact) mass is 258 g/mol. The maximum atomic E-state index is 12.1. The van der Waals surface area contributed by atoms with Gasteiger partial charge in [0.2, 0.25) is 11.8 Å². The van der Waals surface area contributed by atoms with E-state index < -0.39 is 23.3 Å². The second kappa shape index (κ2) is 6.23. The second-order valence-electron chi connectivity index (χ2n) is 4.77. The number of nitrogens with one attached hydrogen (secondary N) is 1. The summed E-state index contributed by atoms with van der Waals surface area (Å²) in [6, 6.07) is -0.783. The molecule has 0 aromatic carbocycles. The van der Waals surface area contributed by atoms with Gasteiger partial charge in [-0.2, -0.15) is 0 Å². The van der Waals surface area contributed by atoms with Gasteiger partial charge in [0.1, 0.15) is 11.5 Å². The van der Waals surface area contributed by atoms with Crippen LogP contribution in [0.25, 0.3) is 0 Å². The van der Waals surface area contributed by atoms with E-state index in [2.05, 4.69) is 10.5 Å². The van der Waals surface area contributed by atoms with E-state index in [0.717, 1.165) is 0 Å². The van der Waals surface area contributed by atoms with E-state index in [0.29, 0.717) is 6.42 Å². The van der Waals surface area contributed by atoms with Gasteiger partial charge in [-0.1, -0.05) is 25.9 Å². The largest absolute Gasteiger partial charge is 0.409 e. The summed E-state index contributed by atoms with van der Waals surface area (Å²) in [6.45, 7) is 6.80. The van der Waals surface area contributed by atoms with Crippen molar-refractivity contribution in [3.63, 3.8) is 0 Å². The van der Waals surface area contributed by atoms with Crippen LogP contribution in [-0.2, 0) is 9.59 Å². The summed E-state index contributed by atoms with van der Waals surface area (Å²) in [5.41, 5.74) is 9.56. The minimum Gasteiger partial charge on any atom is -0.409 e. The smallest absolute Gasteiger partial charge is 0.240 e. The first-order chi connectivity index (χ1) is 8.20. The van der Waals surface area contributed by atoms with Gasteiger partial charge in [-0.15, -0.1) is 0 Å². The molecule has 0 heterocycles. The van der Waals surface area contributed by atoms with Gasteiger partial charge >= 0.3 is 0 Å². The Bertz CT molecular complexity index is 354. The number of carbonyl (C=O) groups is 2. The molecule has 2 amide bonds. The summed E-state index contributed by atoms with van der Waals surface area (Å²) in [5.74, 6) is -1.44. The Hall–Kier alpha value is -1.79. The molecule has 18 heavy (non-hydrogen) atoms. The minimum absolute atomic E-state index is 0.139. The quantitative estimate of drug-likeness (QED) is 0.227. The van der Waals surface area contributed by atoms with Gasteiger partial charge in [-0.05, 0) is 19.3 Å². The molecule has 2 unspecified atom stereocenters. The Balaban J connectivity index is 5.09. The van der Waals surface area contributed by atoms with E-state index in [1.54, 1.807) is 20.8 Å². The summed E-state index contributed by atoms with van der Waals surface area (Å²) in [4.78, 5) is 23.4. The van der Waals surface area contributed by atoms with Crippen molar-refractivity contribution in [3.8, 4) is 0 Å². The first-order valence-electron chi connectivity index (χ1n) is 5.79. The lowest BCUT2D eigenvalue weighted by atomic mass is 9.84. The average Bonchev–Trinajstić information content (AvgIpc) is 2.32. The zero-order chi connectivity index (χ0) is 14.5. The van der Waals surface area contributed by atoms with Crippen LogP contribution < -0.4 is 16.8 Å². The topological polar surface area (TPSA) is 131 Å². The van der Waals surface area contributed by atoms with Crippen LogP contribution in [0.2, 0.25) is 0 Å². The average molecular weight is 258 g/mol. The van der Waals surface area contributed by atoms with Crippen molar-refractivity contribution in [2.24, 2.45) is 28.0 Å². The summed E-state index contributed by atoms with van der Waals surface area (Å²) >= 11 is 0. The molecule has 0 saturated carbocycles. The predicted octanol–water partition coefficient (Wildman–Crippen LogP) is -0.225. The van der Waals surface area contributed by atoms with E-state index in [1.165, 1.54) is 6.92 Å². The highest BCUT2D eigenvalue weighted by Gasteiger charge is 2.38. The van der Waals surface area contributed by atoms with Gasteiger partial charge < -0.3 is 22.0 Å². The fraction of sp³-hybridized carbons (Fsp3) is 0.727. The highest BCUT2D eigenvalue weighted by molar-refractivity contribution is 6.07. The third kappa shape index (κ3) is 3.35. The zero-order valence-electron chi connectivity index (χ0n) is 11.2. The van der Waals surface area contributed by atoms with Crippen molar-refractivity contribution in [1.82, 2.24) is 5.32 Å². The third-order valence-electron chi connectivity index (χ3n) is 3.14. The lowest BCUT2D eigenvalue weighted by molar-refractivity contribution is -0.132. The number of nitrogens with zero attached hydrogens (tertiary/aromatic N) is 1. The Morgan fingerprint density at radius 3 is 2.17 bits per heavy atom. The van der Waals surface area contributed by atoms with Crippen molar-refractivity contribution in [2.45, 2.75) is 40.2 Å². The maximum absolute atomic E-state index is 12.1. The van der Waals surface area contributed by atoms with E-state index >= 15 is 0 Å². The Kier molecular flexibility index (Phi) is 5.61. The van der Waals surface area contributed by atoms with Crippen LogP contribution in [0.4, 0.5) is 0 Å². The molecular weight excluding hydrogens is 236 g/mol. The van der Waals surface area contributed by atoms with Gasteiger partial charge in [0.25, 0.3) is 0 Å². The minimum atomic E-state index is -1.17. The van der Waals surface area contributed by atoms with Crippen LogP contribution in [-0.4, -0.2) is 28.9 Å². The molecule has 6 N–H and O–H groups in total. The normalized spacial score (nSPS) is 17.1. The number of oxime groups is 1. The van der Waals surface area contributed by atoms with Crippen molar-refractivity contribution in [2.75, 3.05) is 0 Å². The number of primary amides is 1. The van der Waals surface area contributed by atoms with Crippen molar-refractivity contribution in [3.05, 3.63) is 0 Å². The molecule has 104 valence electrons. The first kappa shape index (κ1) is 16.2. The molecule has 0 rings (SSSR count). The molecule has 0 radical (unpaired) electrons. The van der Waals surface area contributed by atoms with E-state index in [4.69, 9.17) is 16.7 Å². The molecule has 2 atom stereocenters. The van der Waals surface area contributed by atoms with Gasteiger partial charge in [0, 0.05) is 0 Å². The first-order valence-corrected chi connectivity index (χ1v) is 5.79. The van der Waals surface area contributed by atoms with Crippen molar-refractivity contribution < 1.29 is 14.8 Å². The highest BCUT2D eigenvalue weighted by Crippen LogP contribution is 2.22. The van der Waals surface area contributed by atoms with Crippen LogP contribution in [0, 0.1) is 11.3 Å². The van der Waals surface area contributed by atoms with E-state index in [1.807, 2.05) is 0 Å². The second-order valence-corrected chi connectivity index (χ2v) is 4.77. The molecule has 7 heteroatoms. The molecule has 0 saturated heterocycles. The van der Waals surface area contributed by atoms with Crippen LogP contribution in [0.3, 0.4) is 0 Å². The lowest BCUT2D eigenvalue weighted by Crippen LogP contribution is -2.55. The molecule has 0 fully saturated rings. The Morgan fingerprint density at radius 2 is 1.89 bits per heavy atom. The Labute approximate surface area is 107 Å². The molecule has 0 aromatic rings.